The number of amides is 1. The molecule has 2 aromatic rings. The maximum Gasteiger partial charge on any atom is 0.266 e. The quantitative estimate of drug-likeness (QED) is 0.826. The van der Waals surface area contributed by atoms with E-state index >= 15 is 0 Å². The Kier molecular flexibility index (Phi) is 2.40. The number of halogens is 2. The number of carbonyl (C=O) groups is 1. The highest BCUT2D eigenvalue weighted by atomic mass is 19.1. The van der Waals surface area contributed by atoms with Crippen molar-refractivity contribution in [3.8, 4) is 0 Å². The summed E-state index contributed by atoms with van der Waals surface area (Å²) in [5.74, 6) is -2.39. The van der Waals surface area contributed by atoms with E-state index in [0.717, 1.165) is 12.1 Å². The van der Waals surface area contributed by atoms with Crippen LogP contribution in [0.1, 0.15) is 11.1 Å². The minimum Gasteiger partial charge on any atom is -0.371 e. The van der Waals surface area contributed by atoms with Gasteiger partial charge in [0.15, 0.2) is 0 Å². The number of fused-ring (bicyclic) bond motifs is 1. The summed E-state index contributed by atoms with van der Waals surface area (Å²) in [6.45, 7) is 0. The van der Waals surface area contributed by atoms with Crippen molar-refractivity contribution in [2.24, 2.45) is 0 Å². The van der Waals surface area contributed by atoms with E-state index in [1.165, 1.54) is 30.3 Å². The molecule has 0 saturated heterocycles. The SMILES string of the molecule is O=C1Nc2cccc(F)c2C1(O)c1ccccc1F. The largest absolute Gasteiger partial charge is 0.371 e. The van der Waals surface area contributed by atoms with Gasteiger partial charge in [0.25, 0.3) is 5.91 Å². The van der Waals surface area contributed by atoms with Crippen LogP contribution >= 0.6 is 0 Å². The third kappa shape index (κ3) is 1.48. The lowest BCUT2D eigenvalue weighted by Gasteiger charge is -2.22. The molecule has 96 valence electrons. The third-order valence-corrected chi connectivity index (χ3v) is 3.22. The number of benzene rings is 2. The normalized spacial score (nSPS) is 21.1. The van der Waals surface area contributed by atoms with E-state index in [0.29, 0.717) is 0 Å². The molecule has 3 nitrogen and oxygen atoms in total. The molecule has 1 aliphatic heterocycles. The molecule has 19 heavy (non-hydrogen) atoms. The maximum atomic E-state index is 13.9. The number of rotatable bonds is 1. The van der Waals surface area contributed by atoms with Gasteiger partial charge in [-0.05, 0) is 18.2 Å². The van der Waals surface area contributed by atoms with E-state index in [1.54, 1.807) is 0 Å². The Morgan fingerprint density at radius 3 is 2.42 bits per heavy atom. The van der Waals surface area contributed by atoms with Crippen molar-refractivity contribution in [1.29, 1.82) is 0 Å². The lowest BCUT2D eigenvalue weighted by atomic mass is 9.87. The minimum atomic E-state index is -2.34. The van der Waals surface area contributed by atoms with E-state index < -0.39 is 23.1 Å². The summed E-state index contributed by atoms with van der Waals surface area (Å²) in [5, 5.41) is 12.9. The van der Waals surface area contributed by atoms with Gasteiger partial charge in [0.1, 0.15) is 11.6 Å². The zero-order valence-electron chi connectivity index (χ0n) is 9.65. The highest BCUT2D eigenvalue weighted by Crippen LogP contribution is 2.42. The summed E-state index contributed by atoms with van der Waals surface area (Å²) in [4.78, 5) is 12.0. The second kappa shape index (κ2) is 3.86. The van der Waals surface area contributed by atoms with Crippen LogP contribution in [0.4, 0.5) is 14.5 Å². The fourth-order valence-corrected chi connectivity index (χ4v) is 2.33. The summed E-state index contributed by atoms with van der Waals surface area (Å²) in [5.41, 5.74) is -2.70. The Balaban J connectivity index is 2.32. The smallest absolute Gasteiger partial charge is 0.266 e. The van der Waals surface area contributed by atoms with E-state index in [4.69, 9.17) is 0 Å². The molecule has 2 aromatic carbocycles. The van der Waals surface area contributed by atoms with Crippen LogP contribution in [0.25, 0.3) is 0 Å². The van der Waals surface area contributed by atoms with Gasteiger partial charge in [-0.25, -0.2) is 8.78 Å². The molecule has 0 fully saturated rings. The van der Waals surface area contributed by atoms with Gasteiger partial charge in [0.2, 0.25) is 5.60 Å². The van der Waals surface area contributed by atoms with Gasteiger partial charge in [0.05, 0.1) is 11.3 Å². The van der Waals surface area contributed by atoms with E-state index in [2.05, 4.69) is 5.32 Å². The molecule has 0 radical (unpaired) electrons. The van der Waals surface area contributed by atoms with Crippen LogP contribution in [-0.2, 0) is 10.4 Å². The van der Waals surface area contributed by atoms with Crippen LogP contribution in [0.15, 0.2) is 42.5 Å². The van der Waals surface area contributed by atoms with Gasteiger partial charge in [-0.2, -0.15) is 0 Å². The molecule has 1 atom stereocenters. The predicted octanol–water partition coefficient (Wildman–Crippen LogP) is 2.15. The number of anilines is 1. The molecule has 5 heteroatoms. The monoisotopic (exact) mass is 261 g/mol. The van der Waals surface area contributed by atoms with Crippen LogP contribution in [0.2, 0.25) is 0 Å². The zero-order chi connectivity index (χ0) is 13.6. The fraction of sp³-hybridized carbons (Fsp3) is 0.0714. The Bertz CT molecular complexity index is 687. The highest BCUT2D eigenvalue weighted by Gasteiger charge is 2.50. The predicted molar refractivity (Wildman–Crippen MR) is 64.4 cm³/mol. The summed E-state index contributed by atoms with van der Waals surface area (Å²) in [7, 11) is 0. The lowest BCUT2D eigenvalue weighted by Crippen LogP contribution is -2.36. The van der Waals surface area contributed by atoms with Crippen LogP contribution in [0, 0.1) is 11.6 Å². The molecule has 1 heterocycles. The maximum absolute atomic E-state index is 13.9. The van der Waals surface area contributed by atoms with Crippen LogP contribution < -0.4 is 5.32 Å². The zero-order valence-corrected chi connectivity index (χ0v) is 9.65. The first-order valence-electron chi connectivity index (χ1n) is 5.63. The molecule has 2 N–H and O–H groups in total. The van der Waals surface area contributed by atoms with Gasteiger partial charge in [0, 0.05) is 5.56 Å². The van der Waals surface area contributed by atoms with Crippen molar-refractivity contribution < 1.29 is 18.7 Å². The minimum absolute atomic E-state index is 0.149. The summed E-state index contributed by atoms with van der Waals surface area (Å²) in [6.07, 6.45) is 0. The van der Waals surface area contributed by atoms with Crippen molar-refractivity contribution in [1.82, 2.24) is 0 Å². The highest BCUT2D eigenvalue weighted by molar-refractivity contribution is 6.07. The molecular weight excluding hydrogens is 252 g/mol. The van der Waals surface area contributed by atoms with Crippen molar-refractivity contribution in [2.75, 3.05) is 5.32 Å². The topological polar surface area (TPSA) is 49.3 Å². The van der Waals surface area contributed by atoms with Crippen molar-refractivity contribution in [3.63, 3.8) is 0 Å². The van der Waals surface area contributed by atoms with E-state index in [1.807, 2.05) is 0 Å². The summed E-state index contributed by atoms with van der Waals surface area (Å²) >= 11 is 0. The molecule has 0 aliphatic carbocycles. The fourth-order valence-electron chi connectivity index (χ4n) is 2.33. The Hall–Kier alpha value is -2.27. The molecule has 1 amide bonds. The number of hydrogen-bond acceptors (Lipinski definition) is 2. The van der Waals surface area contributed by atoms with Gasteiger partial charge in [-0.1, -0.05) is 24.3 Å². The molecule has 1 aliphatic rings. The molecular formula is C14H9F2NO2. The first-order chi connectivity index (χ1) is 9.05. The average molecular weight is 261 g/mol. The number of carbonyl (C=O) groups excluding carboxylic acids is 1. The number of nitrogens with one attached hydrogen (secondary N) is 1. The second-order valence-corrected chi connectivity index (χ2v) is 4.31. The molecule has 1 unspecified atom stereocenters. The summed E-state index contributed by atoms with van der Waals surface area (Å²) in [6, 6.07) is 9.25. The third-order valence-electron chi connectivity index (χ3n) is 3.22. The van der Waals surface area contributed by atoms with Gasteiger partial charge in [-0.3, -0.25) is 4.79 Å². The molecule has 0 bridgehead atoms. The van der Waals surface area contributed by atoms with Gasteiger partial charge < -0.3 is 10.4 Å². The Labute approximate surface area is 107 Å². The van der Waals surface area contributed by atoms with Crippen LogP contribution in [0.3, 0.4) is 0 Å². The standard InChI is InChI=1S/C14H9F2NO2/c15-9-5-2-1-4-8(9)14(19)12-10(16)6-3-7-11(12)17-13(14)18/h1-7,19H,(H,17,18). The van der Waals surface area contributed by atoms with E-state index in [-0.39, 0.29) is 16.8 Å². The average Bonchev–Trinajstić information content (AvgIpc) is 2.64. The Morgan fingerprint density at radius 2 is 1.68 bits per heavy atom. The van der Waals surface area contributed by atoms with Crippen LogP contribution in [0.5, 0.6) is 0 Å². The van der Waals surface area contributed by atoms with Crippen LogP contribution in [-0.4, -0.2) is 11.0 Å². The van der Waals surface area contributed by atoms with Crippen molar-refractivity contribution in [2.45, 2.75) is 5.60 Å². The first kappa shape index (κ1) is 11.8. The van der Waals surface area contributed by atoms with Gasteiger partial charge >= 0.3 is 0 Å². The van der Waals surface area contributed by atoms with E-state index in [9.17, 15) is 18.7 Å². The number of hydrogen-bond donors (Lipinski definition) is 2. The molecule has 0 saturated carbocycles. The molecule has 3 rings (SSSR count). The van der Waals surface area contributed by atoms with Gasteiger partial charge in [-0.15, -0.1) is 0 Å². The number of aliphatic hydroxyl groups is 1. The first-order valence-corrected chi connectivity index (χ1v) is 5.63. The second-order valence-electron chi connectivity index (χ2n) is 4.31. The van der Waals surface area contributed by atoms with Crippen molar-refractivity contribution in [3.05, 3.63) is 65.2 Å². The van der Waals surface area contributed by atoms with Crippen molar-refractivity contribution >= 4 is 11.6 Å². The Morgan fingerprint density at radius 1 is 1.00 bits per heavy atom. The molecule has 0 aromatic heterocycles. The lowest BCUT2D eigenvalue weighted by molar-refractivity contribution is -0.130. The summed E-state index contributed by atoms with van der Waals surface area (Å²) < 4.78 is 27.7. The molecule has 0 spiro atoms.